The lowest BCUT2D eigenvalue weighted by Crippen LogP contribution is -2.18. The van der Waals surface area contributed by atoms with Crippen molar-refractivity contribution in [1.29, 1.82) is 0 Å². The molecule has 0 aliphatic carbocycles. The molecule has 0 aliphatic rings. The highest BCUT2D eigenvalue weighted by molar-refractivity contribution is 7.90. The quantitative estimate of drug-likeness (QED) is 0.506. The van der Waals surface area contributed by atoms with Crippen LogP contribution in [0.4, 0.5) is 19.0 Å². The maximum absolute atomic E-state index is 13.3. The molecule has 0 saturated carbocycles. The molecule has 0 unspecified atom stereocenters. The summed E-state index contributed by atoms with van der Waals surface area (Å²) >= 11 is 0. The number of nitrogens with two attached hydrogens (primary N) is 1. The number of sulfone groups is 1. The zero-order valence-electron chi connectivity index (χ0n) is 14.5. The largest absolute Gasteiger partial charge is 0.451 e. The molecule has 28 heavy (non-hydrogen) atoms. The number of nitrogen functional groups attached to an aromatic ring is 1. The molecule has 1 aromatic heterocycles. The van der Waals surface area contributed by atoms with Gasteiger partial charge < -0.3 is 5.43 Å². The number of hydrogen-bond donors (Lipinski definition) is 2. The van der Waals surface area contributed by atoms with Crippen LogP contribution in [0.2, 0.25) is 0 Å². The van der Waals surface area contributed by atoms with E-state index in [2.05, 4.69) is 15.4 Å². The molecule has 3 N–H and O–H groups in total. The summed E-state index contributed by atoms with van der Waals surface area (Å²) in [6.45, 7) is 0. The van der Waals surface area contributed by atoms with Crippen LogP contribution in [0.5, 0.6) is 0 Å². The highest BCUT2D eigenvalue weighted by atomic mass is 32.2. The average molecular weight is 408 g/mol. The van der Waals surface area contributed by atoms with Gasteiger partial charge in [0.05, 0.1) is 16.2 Å². The number of nitrogens with one attached hydrogen (secondary N) is 1. The molecular weight excluding hydrogens is 393 g/mol. The van der Waals surface area contributed by atoms with E-state index in [9.17, 15) is 21.6 Å². The van der Waals surface area contributed by atoms with E-state index in [-0.39, 0.29) is 27.5 Å². The molecule has 10 heteroatoms. The summed E-state index contributed by atoms with van der Waals surface area (Å²) in [6.07, 6.45) is -3.75. The summed E-state index contributed by atoms with van der Waals surface area (Å²) in [5, 5.41) is 0. The molecular formula is C18H15F3N4O2S. The molecule has 0 aliphatic heterocycles. The van der Waals surface area contributed by atoms with Gasteiger partial charge in [0.2, 0.25) is 5.82 Å². The number of hydrogen-bond acceptors (Lipinski definition) is 6. The molecule has 3 aromatic rings. The van der Waals surface area contributed by atoms with Gasteiger partial charge in [-0.15, -0.1) is 0 Å². The minimum absolute atomic E-state index is 0.0264. The smallest absolute Gasteiger partial charge is 0.308 e. The lowest BCUT2D eigenvalue weighted by Gasteiger charge is -2.16. The highest BCUT2D eigenvalue weighted by Crippen LogP contribution is 2.38. The number of alkyl halides is 3. The fraction of sp³-hybridized carbons (Fsp3) is 0.111. The molecule has 146 valence electrons. The van der Waals surface area contributed by atoms with Crippen LogP contribution in [0.3, 0.4) is 0 Å². The maximum Gasteiger partial charge on any atom is 0.451 e. The van der Waals surface area contributed by atoms with Gasteiger partial charge in [-0.2, -0.15) is 13.2 Å². The van der Waals surface area contributed by atoms with Crippen molar-refractivity contribution in [2.75, 3.05) is 11.7 Å². The first kappa shape index (κ1) is 19.8. The van der Waals surface area contributed by atoms with Crippen LogP contribution in [0, 0.1) is 0 Å². The van der Waals surface area contributed by atoms with Gasteiger partial charge in [-0.3, -0.25) is 0 Å². The van der Waals surface area contributed by atoms with Crippen molar-refractivity contribution in [3.63, 3.8) is 0 Å². The lowest BCUT2D eigenvalue weighted by atomic mass is 9.99. The number of rotatable bonds is 4. The number of hydrazine groups is 1. The second kappa shape index (κ2) is 7.21. The first-order valence-electron chi connectivity index (χ1n) is 7.93. The van der Waals surface area contributed by atoms with Crippen LogP contribution in [-0.2, 0) is 16.0 Å². The van der Waals surface area contributed by atoms with Gasteiger partial charge in [-0.25, -0.2) is 24.2 Å². The van der Waals surface area contributed by atoms with Gasteiger partial charge in [0, 0.05) is 11.8 Å². The van der Waals surface area contributed by atoms with Crippen molar-refractivity contribution < 1.29 is 21.6 Å². The Kier molecular flexibility index (Phi) is 5.09. The third-order valence-electron chi connectivity index (χ3n) is 3.92. The van der Waals surface area contributed by atoms with Crippen molar-refractivity contribution in [2.45, 2.75) is 11.1 Å². The summed E-state index contributed by atoms with van der Waals surface area (Å²) in [5.74, 6) is 3.88. The second-order valence-corrected chi connectivity index (χ2v) is 7.94. The second-order valence-electron chi connectivity index (χ2n) is 5.92. The van der Waals surface area contributed by atoms with Gasteiger partial charge in [0.25, 0.3) is 0 Å². The first-order chi connectivity index (χ1) is 13.1. The fourth-order valence-electron chi connectivity index (χ4n) is 2.64. The Hall–Kier alpha value is -2.98. The average Bonchev–Trinajstić information content (AvgIpc) is 2.66. The van der Waals surface area contributed by atoms with Crippen molar-refractivity contribution in [3.8, 4) is 22.4 Å². The van der Waals surface area contributed by atoms with Crippen molar-refractivity contribution >= 4 is 15.7 Å². The standard InChI is InChI=1S/C18H15F3N4O2S/c1-28(26,27)13-9-7-12(8-10-13)15-14(11-5-3-2-4-6-11)16(25-22)24-17(23-15)18(19,20)21/h2-10H,22H2,1H3,(H,23,24,25). The summed E-state index contributed by atoms with van der Waals surface area (Å²) in [5.41, 5.74) is 3.28. The van der Waals surface area contributed by atoms with Gasteiger partial charge in [0.1, 0.15) is 0 Å². The predicted molar refractivity (Wildman–Crippen MR) is 98.8 cm³/mol. The zero-order valence-corrected chi connectivity index (χ0v) is 15.3. The Morgan fingerprint density at radius 2 is 1.54 bits per heavy atom. The topological polar surface area (TPSA) is 98.0 Å². The number of anilines is 1. The summed E-state index contributed by atoms with van der Waals surface area (Å²) < 4.78 is 63.2. The Bertz CT molecular complexity index is 1100. The van der Waals surface area contributed by atoms with Crippen LogP contribution in [0.15, 0.2) is 59.5 Å². The van der Waals surface area contributed by atoms with Crippen LogP contribution in [0.25, 0.3) is 22.4 Å². The number of halogens is 3. The lowest BCUT2D eigenvalue weighted by molar-refractivity contribution is -0.144. The van der Waals surface area contributed by atoms with E-state index >= 15 is 0 Å². The molecule has 3 rings (SSSR count). The molecule has 0 atom stereocenters. The van der Waals surface area contributed by atoms with E-state index in [1.807, 2.05) is 0 Å². The van der Waals surface area contributed by atoms with Crippen LogP contribution in [0.1, 0.15) is 5.82 Å². The Balaban J connectivity index is 2.31. The van der Waals surface area contributed by atoms with Crippen LogP contribution in [-0.4, -0.2) is 24.6 Å². The molecule has 0 amide bonds. The molecule has 1 heterocycles. The van der Waals surface area contributed by atoms with Gasteiger partial charge in [-0.05, 0) is 17.7 Å². The Morgan fingerprint density at radius 3 is 2.04 bits per heavy atom. The predicted octanol–water partition coefficient (Wildman–Crippen LogP) is 3.52. The van der Waals surface area contributed by atoms with Crippen molar-refractivity contribution in [1.82, 2.24) is 9.97 Å². The minimum Gasteiger partial charge on any atom is -0.308 e. The molecule has 0 saturated heterocycles. The van der Waals surface area contributed by atoms with E-state index in [4.69, 9.17) is 5.84 Å². The Morgan fingerprint density at radius 1 is 0.929 bits per heavy atom. The first-order valence-corrected chi connectivity index (χ1v) is 9.82. The summed E-state index contributed by atoms with van der Waals surface area (Å²) in [7, 11) is -3.45. The Labute approximate surface area is 159 Å². The molecule has 0 bridgehead atoms. The van der Waals surface area contributed by atoms with E-state index in [0.717, 1.165) is 6.26 Å². The minimum atomic E-state index is -4.79. The monoisotopic (exact) mass is 408 g/mol. The number of aromatic nitrogens is 2. The van der Waals surface area contributed by atoms with Gasteiger partial charge >= 0.3 is 6.18 Å². The molecule has 0 fully saturated rings. The number of nitrogens with zero attached hydrogens (tertiary/aromatic N) is 2. The van der Waals surface area contributed by atoms with Crippen LogP contribution < -0.4 is 11.3 Å². The van der Waals surface area contributed by atoms with Gasteiger partial charge in [-0.1, -0.05) is 42.5 Å². The molecule has 6 nitrogen and oxygen atoms in total. The SMILES string of the molecule is CS(=O)(=O)c1ccc(-c2nc(C(F)(F)F)nc(NN)c2-c2ccccc2)cc1. The van der Waals surface area contributed by atoms with E-state index in [0.29, 0.717) is 5.56 Å². The normalized spacial score (nSPS) is 12.0. The van der Waals surface area contributed by atoms with E-state index < -0.39 is 21.8 Å². The molecule has 0 radical (unpaired) electrons. The summed E-state index contributed by atoms with van der Waals surface area (Å²) in [4.78, 5) is 7.27. The third kappa shape index (κ3) is 3.97. The van der Waals surface area contributed by atoms with Crippen molar-refractivity contribution in [2.24, 2.45) is 5.84 Å². The van der Waals surface area contributed by atoms with Crippen LogP contribution >= 0.6 is 0 Å². The molecule has 2 aromatic carbocycles. The highest BCUT2D eigenvalue weighted by Gasteiger charge is 2.36. The fourth-order valence-corrected chi connectivity index (χ4v) is 3.27. The zero-order chi connectivity index (χ0) is 20.5. The number of benzene rings is 2. The van der Waals surface area contributed by atoms with Gasteiger partial charge in [0.15, 0.2) is 15.7 Å². The van der Waals surface area contributed by atoms with E-state index in [1.165, 1.54) is 24.3 Å². The third-order valence-corrected chi connectivity index (χ3v) is 5.05. The van der Waals surface area contributed by atoms with Crippen molar-refractivity contribution in [3.05, 3.63) is 60.4 Å². The molecule has 0 spiro atoms. The maximum atomic E-state index is 13.3. The summed E-state index contributed by atoms with van der Waals surface area (Å²) in [6, 6.07) is 14.0. The van der Waals surface area contributed by atoms with E-state index in [1.54, 1.807) is 30.3 Å².